The predicted molar refractivity (Wildman–Crippen MR) is 38.3 cm³/mol. The summed E-state index contributed by atoms with van der Waals surface area (Å²) < 4.78 is 0. The summed E-state index contributed by atoms with van der Waals surface area (Å²) in [6.07, 6.45) is 2.88. The monoisotopic (exact) mass is 146 g/mol. The first-order valence-corrected chi connectivity index (χ1v) is 3.82. The zero-order valence-corrected chi connectivity index (χ0v) is 5.90. The van der Waals surface area contributed by atoms with Gasteiger partial charge in [-0.3, -0.25) is 0 Å². The molecule has 2 N–H and O–H groups in total. The molecule has 0 aliphatic carbocycles. The van der Waals surface area contributed by atoms with E-state index in [1.807, 2.05) is 6.08 Å². The highest BCUT2D eigenvalue weighted by Gasteiger charge is 2.15. The molecule has 0 unspecified atom stereocenters. The maximum absolute atomic E-state index is 8.64. The second-order valence-corrected chi connectivity index (χ2v) is 3.41. The molecule has 0 aromatic rings. The summed E-state index contributed by atoms with van der Waals surface area (Å²) in [6.45, 7) is 0.339. The molecule has 0 spiro atoms. The SMILES string of the molecule is OCC1=CC[C@@H](CO)S1. The van der Waals surface area contributed by atoms with Gasteiger partial charge < -0.3 is 10.2 Å². The van der Waals surface area contributed by atoms with Crippen LogP contribution in [0.3, 0.4) is 0 Å². The second-order valence-electron chi connectivity index (χ2n) is 1.99. The highest BCUT2D eigenvalue weighted by atomic mass is 32.2. The van der Waals surface area contributed by atoms with Gasteiger partial charge in [0.15, 0.2) is 0 Å². The molecule has 9 heavy (non-hydrogen) atoms. The van der Waals surface area contributed by atoms with E-state index in [1.54, 1.807) is 11.8 Å². The van der Waals surface area contributed by atoms with E-state index in [2.05, 4.69) is 0 Å². The van der Waals surface area contributed by atoms with Crippen LogP contribution in [-0.2, 0) is 0 Å². The Bertz CT molecular complexity index is 122. The molecular weight excluding hydrogens is 136 g/mol. The van der Waals surface area contributed by atoms with Crippen LogP contribution in [0.2, 0.25) is 0 Å². The van der Waals surface area contributed by atoms with Gasteiger partial charge in [-0.05, 0) is 6.42 Å². The van der Waals surface area contributed by atoms with Crippen molar-refractivity contribution in [1.29, 1.82) is 0 Å². The van der Waals surface area contributed by atoms with Crippen LogP contribution in [0.5, 0.6) is 0 Å². The fourth-order valence-electron chi connectivity index (χ4n) is 0.787. The summed E-state index contributed by atoms with van der Waals surface area (Å²) in [6, 6.07) is 0. The number of aliphatic hydroxyl groups is 2. The van der Waals surface area contributed by atoms with Crippen molar-refractivity contribution in [3.8, 4) is 0 Å². The van der Waals surface area contributed by atoms with Gasteiger partial charge in [0, 0.05) is 10.2 Å². The highest BCUT2D eigenvalue weighted by Crippen LogP contribution is 2.30. The van der Waals surface area contributed by atoms with Gasteiger partial charge in [0.2, 0.25) is 0 Å². The molecule has 1 rings (SSSR count). The van der Waals surface area contributed by atoms with Gasteiger partial charge in [-0.25, -0.2) is 0 Å². The molecule has 1 atom stereocenters. The molecule has 0 aromatic carbocycles. The first kappa shape index (κ1) is 7.12. The van der Waals surface area contributed by atoms with Gasteiger partial charge in [-0.15, -0.1) is 11.8 Å². The Labute approximate surface area is 58.6 Å². The van der Waals surface area contributed by atoms with Crippen molar-refractivity contribution in [1.82, 2.24) is 0 Å². The Balaban J connectivity index is 2.31. The molecule has 0 bridgehead atoms. The Morgan fingerprint density at radius 2 is 2.44 bits per heavy atom. The van der Waals surface area contributed by atoms with Gasteiger partial charge in [-0.2, -0.15) is 0 Å². The molecule has 1 heterocycles. The molecule has 3 heteroatoms. The minimum atomic E-state index is 0.126. The van der Waals surface area contributed by atoms with E-state index < -0.39 is 0 Å². The maximum Gasteiger partial charge on any atom is 0.0737 e. The number of rotatable bonds is 2. The second kappa shape index (κ2) is 3.25. The summed E-state index contributed by atoms with van der Waals surface area (Å²) in [4.78, 5) is 0.994. The lowest BCUT2D eigenvalue weighted by atomic mass is 10.3. The Morgan fingerprint density at radius 1 is 1.67 bits per heavy atom. The summed E-state index contributed by atoms with van der Waals surface area (Å²) >= 11 is 1.57. The number of hydrogen-bond donors (Lipinski definition) is 2. The summed E-state index contributed by atoms with van der Waals surface area (Å²) in [7, 11) is 0. The first-order valence-electron chi connectivity index (χ1n) is 2.94. The van der Waals surface area contributed by atoms with Crippen LogP contribution in [0.4, 0.5) is 0 Å². The van der Waals surface area contributed by atoms with Crippen LogP contribution in [0.15, 0.2) is 11.0 Å². The zero-order valence-electron chi connectivity index (χ0n) is 5.08. The van der Waals surface area contributed by atoms with Crippen molar-refractivity contribution in [3.05, 3.63) is 11.0 Å². The van der Waals surface area contributed by atoms with E-state index in [-0.39, 0.29) is 13.2 Å². The topological polar surface area (TPSA) is 40.5 Å². The maximum atomic E-state index is 8.64. The third-order valence-corrected chi connectivity index (χ3v) is 2.56. The molecule has 0 radical (unpaired) electrons. The molecule has 0 saturated heterocycles. The number of aliphatic hydroxyl groups excluding tert-OH is 2. The van der Waals surface area contributed by atoms with Crippen molar-refractivity contribution < 1.29 is 10.2 Å². The van der Waals surface area contributed by atoms with Crippen LogP contribution in [0.1, 0.15) is 6.42 Å². The average Bonchev–Trinajstić information content (AvgIpc) is 2.34. The third-order valence-electron chi connectivity index (χ3n) is 1.29. The van der Waals surface area contributed by atoms with E-state index in [0.29, 0.717) is 5.25 Å². The van der Waals surface area contributed by atoms with E-state index in [1.165, 1.54) is 0 Å². The van der Waals surface area contributed by atoms with Crippen molar-refractivity contribution >= 4 is 11.8 Å². The highest BCUT2D eigenvalue weighted by molar-refractivity contribution is 8.04. The number of hydrogen-bond acceptors (Lipinski definition) is 3. The molecule has 1 aliphatic heterocycles. The molecule has 0 amide bonds. The minimum Gasteiger partial charge on any atom is -0.395 e. The van der Waals surface area contributed by atoms with Gasteiger partial charge >= 0.3 is 0 Å². The van der Waals surface area contributed by atoms with Gasteiger partial charge in [-0.1, -0.05) is 6.08 Å². The predicted octanol–water partition coefficient (Wildman–Crippen LogP) is 0.360. The Kier molecular flexibility index (Phi) is 2.57. The summed E-state index contributed by atoms with van der Waals surface area (Å²) in [5.74, 6) is 0. The standard InChI is InChI=1S/C6H10O2S/c7-3-5-1-2-6(4-8)9-5/h1,6-8H,2-4H2/t6-/m0/s1. The van der Waals surface area contributed by atoms with Gasteiger partial charge in [0.05, 0.1) is 13.2 Å². The number of allylic oxidation sites excluding steroid dienone is 1. The van der Waals surface area contributed by atoms with Gasteiger partial charge in [0.25, 0.3) is 0 Å². The zero-order chi connectivity index (χ0) is 6.69. The van der Waals surface area contributed by atoms with Crippen LogP contribution in [0, 0.1) is 0 Å². The lowest BCUT2D eigenvalue weighted by Gasteiger charge is -2.02. The summed E-state index contributed by atoms with van der Waals surface area (Å²) in [5, 5.41) is 17.6. The fraction of sp³-hybridized carbons (Fsp3) is 0.667. The smallest absolute Gasteiger partial charge is 0.0737 e. The summed E-state index contributed by atoms with van der Waals surface area (Å²) in [5.41, 5.74) is 0. The van der Waals surface area contributed by atoms with Gasteiger partial charge in [0.1, 0.15) is 0 Å². The first-order chi connectivity index (χ1) is 4.36. The van der Waals surface area contributed by atoms with Crippen LogP contribution in [-0.4, -0.2) is 28.7 Å². The van der Waals surface area contributed by atoms with E-state index in [4.69, 9.17) is 10.2 Å². The Hall–Kier alpha value is 0.01000. The molecule has 0 aromatic heterocycles. The molecular formula is C6H10O2S. The van der Waals surface area contributed by atoms with Crippen LogP contribution in [0.25, 0.3) is 0 Å². The molecule has 52 valence electrons. The van der Waals surface area contributed by atoms with Crippen LogP contribution >= 0.6 is 11.8 Å². The molecule has 2 nitrogen and oxygen atoms in total. The van der Waals surface area contributed by atoms with Crippen molar-refractivity contribution in [2.75, 3.05) is 13.2 Å². The van der Waals surface area contributed by atoms with E-state index >= 15 is 0 Å². The van der Waals surface area contributed by atoms with Crippen molar-refractivity contribution in [2.45, 2.75) is 11.7 Å². The molecule has 1 aliphatic rings. The van der Waals surface area contributed by atoms with E-state index in [0.717, 1.165) is 11.3 Å². The van der Waals surface area contributed by atoms with Crippen molar-refractivity contribution in [2.24, 2.45) is 0 Å². The lowest BCUT2D eigenvalue weighted by molar-refractivity contribution is 0.296. The van der Waals surface area contributed by atoms with Crippen molar-refractivity contribution in [3.63, 3.8) is 0 Å². The molecule has 0 saturated carbocycles. The molecule has 0 fully saturated rings. The average molecular weight is 146 g/mol. The minimum absolute atomic E-state index is 0.126. The lowest BCUT2D eigenvalue weighted by Crippen LogP contribution is -2.02. The van der Waals surface area contributed by atoms with E-state index in [9.17, 15) is 0 Å². The third kappa shape index (κ3) is 1.71. The number of thioether (sulfide) groups is 1. The fourth-order valence-corrected chi connectivity index (χ4v) is 1.75. The van der Waals surface area contributed by atoms with Crippen LogP contribution < -0.4 is 0 Å². The Morgan fingerprint density at radius 3 is 2.78 bits per heavy atom. The largest absolute Gasteiger partial charge is 0.395 e. The normalized spacial score (nSPS) is 26.4. The quantitative estimate of drug-likeness (QED) is 0.591.